The van der Waals surface area contributed by atoms with Crippen molar-refractivity contribution in [3.63, 3.8) is 0 Å². The average molecular weight is 1610 g/mol. The van der Waals surface area contributed by atoms with Crippen LogP contribution in [0, 0.1) is 0 Å². The lowest BCUT2D eigenvalue weighted by Gasteiger charge is -2.52. The van der Waals surface area contributed by atoms with E-state index in [-0.39, 0.29) is 0 Å². The highest BCUT2D eigenvalue weighted by molar-refractivity contribution is 5.74. The Morgan fingerprint density at radius 1 is 0.255 bits per heavy atom. The van der Waals surface area contributed by atoms with E-state index in [1.807, 2.05) is 0 Å². The van der Waals surface area contributed by atoms with Crippen LogP contribution in [0.2, 0.25) is 0 Å². The summed E-state index contributed by atoms with van der Waals surface area (Å²) in [7, 11) is 0. The Bertz CT molecular complexity index is 2930. The van der Waals surface area contributed by atoms with Gasteiger partial charge in [0.05, 0.1) is 58.5 Å². The minimum atomic E-state index is -2.40. The summed E-state index contributed by atoms with van der Waals surface area (Å²) < 4.78 is 101. The first-order valence-corrected chi connectivity index (χ1v) is 35.3. The zero-order valence-corrected chi connectivity index (χ0v) is 59.8. The first-order valence-electron chi connectivity index (χ1n) is 35.3. The molecular weight excluding hydrogens is 1500 g/mol. The third kappa shape index (κ3) is 19.8. The highest BCUT2D eigenvalue weighted by atomic mass is 16.8. The molecule has 110 heavy (non-hydrogen) atoms. The largest absolute Gasteiger partial charge is 0.394 e. The number of nitrogens with one attached hydrogen (secondary N) is 4. The maximum absolute atomic E-state index is 13.5. The van der Waals surface area contributed by atoms with Gasteiger partial charge < -0.3 is 219 Å². The molecule has 48 heteroatoms. The molecule has 636 valence electrons. The summed E-state index contributed by atoms with van der Waals surface area (Å²) in [6, 6.07) is -7.39. The second kappa shape index (κ2) is 39.0. The summed E-state index contributed by atoms with van der Waals surface area (Å²) >= 11 is 0. The van der Waals surface area contributed by atoms with Crippen molar-refractivity contribution < 1.29 is 217 Å². The van der Waals surface area contributed by atoms with E-state index in [1.54, 1.807) is 0 Å². The molecule has 0 spiro atoms. The van der Waals surface area contributed by atoms with Crippen LogP contribution in [0.1, 0.15) is 41.5 Å². The van der Waals surface area contributed by atoms with Gasteiger partial charge in [-0.1, -0.05) is 0 Å². The molecule has 0 radical (unpaired) electrons. The van der Waals surface area contributed by atoms with Crippen LogP contribution in [0.4, 0.5) is 0 Å². The molecule has 9 saturated heterocycles. The molecule has 0 aliphatic carbocycles. The maximum atomic E-state index is 13.5. The second-order valence-corrected chi connectivity index (χ2v) is 28.1. The van der Waals surface area contributed by atoms with Crippen molar-refractivity contribution >= 4 is 23.6 Å². The van der Waals surface area contributed by atoms with Gasteiger partial charge in [-0.05, 0) is 13.8 Å². The van der Waals surface area contributed by atoms with E-state index in [0.29, 0.717) is 0 Å². The summed E-state index contributed by atoms with van der Waals surface area (Å²) in [4.78, 5) is 51.8. The Morgan fingerprint density at radius 2 is 0.573 bits per heavy atom. The van der Waals surface area contributed by atoms with Crippen molar-refractivity contribution in [2.45, 2.75) is 318 Å². The van der Waals surface area contributed by atoms with Crippen molar-refractivity contribution in [2.24, 2.45) is 0 Å². The van der Waals surface area contributed by atoms with E-state index in [4.69, 9.17) is 80.5 Å². The third-order valence-corrected chi connectivity index (χ3v) is 20.3. The van der Waals surface area contributed by atoms with Gasteiger partial charge in [0.15, 0.2) is 56.6 Å². The van der Waals surface area contributed by atoms with E-state index in [9.17, 15) is 137 Å². The van der Waals surface area contributed by atoms with E-state index in [0.717, 1.165) is 27.7 Å². The van der Waals surface area contributed by atoms with Crippen molar-refractivity contribution in [3.05, 3.63) is 0 Å². The van der Waals surface area contributed by atoms with E-state index >= 15 is 0 Å². The van der Waals surface area contributed by atoms with Crippen molar-refractivity contribution in [3.8, 4) is 0 Å². The molecule has 0 bridgehead atoms. The van der Waals surface area contributed by atoms with Crippen molar-refractivity contribution in [2.75, 3.05) is 46.2 Å². The Morgan fingerprint density at radius 3 is 1.05 bits per heavy atom. The molecule has 48 nitrogen and oxygen atoms in total. The summed E-state index contributed by atoms with van der Waals surface area (Å²) in [5.74, 6) is -3.60. The van der Waals surface area contributed by atoms with Gasteiger partial charge in [0.2, 0.25) is 23.6 Å². The molecule has 9 fully saturated rings. The molecule has 9 aliphatic heterocycles. The van der Waals surface area contributed by atoms with Crippen LogP contribution >= 0.6 is 0 Å². The van der Waals surface area contributed by atoms with Crippen LogP contribution in [-0.2, 0) is 99.7 Å². The van der Waals surface area contributed by atoms with Crippen LogP contribution in [0.25, 0.3) is 0 Å². The lowest BCUT2D eigenvalue weighted by molar-refractivity contribution is -0.400. The number of amides is 4. The fourth-order valence-electron chi connectivity index (χ4n) is 14.3. The number of hydrogen-bond acceptors (Lipinski definition) is 44. The van der Waals surface area contributed by atoms with Crippen LogP contribution in [0.5, 0.6) is 0 Å². The highest BCUT2D eigenvalue weighted by Gasteiger charge is 2.61. The fourth-order valence-corrected chi connectivity index (χ4v) is 14.3. The van der Waals surface area contributed by atoms with Crippen LogP contribution < -0.4 is 21.3 Å². The quantitative estimate of drug-likeness (QED) is 0.0363. The molecule has 9 rings (SSSR count). The summed E-state index contributed by atoms with van der Waals surface area (Å²) in [5.41, 5.74) is 0. The van der Waals surface area contributed by atoms with Gasteiger partial charge in [0, 0.05) is 27.7 Å². The second-order valence-electron chi connectivity index (χ2n) is 28.1. The predicted molar refractivity (Wildman–Crippen MR) is 341 cm³/mol. The van der Waals surface area contributed by atoms with Crippen LogP contribution in [-0.4, -0.2) is 463 Å². The van der Waals surface area contributed by atoms with Gasteiger partial charge in [-0.15, -0.1) is 0 Å². The van der Waals surface area contributed by atoms with Gasteiger partial charge >= 0.3 is 0 Å². The third-order valence-electron chi connectivity index (χ3n) is 20.3. The molecule has 0 aromatic heterocycles. The van der Waals surface area contributed by atoms with Crippen molar-refractivity contribution in [1.29, 1.82) is 0 Å². The van der Waals surface area contributed by atoms with Gasteiger partial charge in [-0.2, -0.15) is 0 Å². The number of aliphatic hydroxyl groups is 23. The van der Waals surface area contributed by atoms with Crippen LogP contribution in [0.3, 0.4) is 0 Å². The molecule has 45 atom stereocenters. The summed E-state index contributed by atoms with van der Waals surface area (Å²) in [5, 5.41) is 264. The van der Waals surface area contributed by atoms with E-state index in [2.05, 4.69) is 21.3 Å². The minimum Gasteiger partial charge on any atom is -0.394 e. The number of carbonyl (C=O) groups excluding carboxylic acids is 4. The minimum absolute atomic E-state index is 0.851. The standard InChI is InChI=1S/C62H104N4O44/c1-14-31(77)39(85)43(89)58(95-14)106-49-25(12-72)103-57(30(66-19(6)76)51(49)108-62-53(42(88)34(80)21(8-68)100-62)110-59-44(90)40(86)32(78)15(2)96-59)109-52-35(81)22(9-69)99-61(46(52)92)105-47-23(10-70)101-55(27(37(47)83)63-16(3)73)94-13-26-36(82)50(29(54(93)97-26)65-18(5)75)107-56-28(64-17(4)74)38(84)48(24(11-71)102-56)104-60-45(91)41(87)33(79)20(7-67)98-60/h14-15,20-62,67-72,77-93H,7-13H2,1-6H3,(H,63,73)(H,64,74)(H,65,75)(H,66,76)/t14-,15-,20+,21+,22+,23+,24+,25+,26+,27+,28+,29+,30+,31+,32+,33-,34-,35-,36-,37+,38+,39+,40+,41-,42-,43-,44-,45+,46+,47+,48+,49+,50+,51+,52-,53+,54?,55+,56-,57-,58-,59-,60-,61-,62-/m0/s1. The first-order chi connectivity index (χ1) is 51.9. The normalized spacial score (nSPS) is 49.6. The van der Waals surface area contributed by atoms with Gasteiger partial charge in [-0.3, -0.25) is 19.2 Å². The smallest absolute Gasteiger partial charge is 0.217 e. The van der Waals surface area contributed by atoms with E-state index < -0.39 is 346 Å². The lowest BCUT2D eigenvalue weighted by atomic mass is 9.93. The Kier molecular flexibility index (Phi) is 32.0. The van der Waals surface area contributed by atoms with Crippen LogP contribution in [0.15, 0.2) is 0 Å². The first kappa shape index (κ1) is 90.2. The zero-order valence-electron chi connectivity index (χ0n) is 59.8. The maximum Gasteiger partial charge on any atom is 0.217 e. The Labute approximate surface area is 624 Å². The topological polar surface area (TPSA) is 739 Å². The predicted octanol–water partition coefficient (Wildman–Crippen LogP) is -18.0. The highest BCUT2D eigenvalue weighted by Crippen LogP contribution is 2.40. The number of hydrogen-bond donors (Lipinski definition) is 27. The zero-order chi connectivity index (χ0) is 81.1. The van der Waals surface area contributed by atoms with Gasteiger partial charge in [-0.25, -0.2) is 0 Å². The lowest BCUT2D eigenvalue weighted by Crippen LogP contribution is -2.72. The van der Waals surface area contributed by atoms with Gasteiger partial charge in [0.25, 0.3) is 0 Å². The Balaban J connectivity index is 0.960. The number of rotatable bonds is 27. The molecule has 27 N–H and O–H groups in total. The number of carbonyl (C=O) groups is 4. The van der Waals surface area contributed by atoms with Gasteiger partial charge in [0.1, 0.15) is 207 Å². The molecule has 0 saturated carbocycles. The fraction of sp³-hybridized carbons (Fsp3) is 0.935. The molecule has 4 amide bonds. The molecule has 1 unspecified atom stereocenters. The molecule has 0 aromatic carbocycles. The molecule has 9 aliphatic rings. The average Bonchev–Trinajstić information content (AvgIpc) is 0.762. The summed E-state index contributed by atoms with van der Waals surface area (Å²) in [6.07, 6.45) is -80.4. The number of aliphatic hydroxyl groups excluding tert-OH is 23. The monoisotopic (exact) mass is 1610 g/mol. The number of ether oxygens (including phenoxy) is 17. The SMILES string of the molecule is CC(=O)N[C@H]1[C@H](O[C@H]2[C@@H](O)[C@@H](CO[C@@H]3O[C@H](CO)[C@@H](O[C@@H]4O[C@H](CO)[C@H](O)[C@H](O[C@@H]5O[C@H](CO)[C@@H](O[C@@H]6O[C@@H](C)[C@@H](O)[C@@H](O)[C@@H]6O)[C@H](O[C@@H]6O[C@H](CO)[C@H](O)[C@H](O)[C@H]6O[C@@H]6O[C@@H](C)[C@@H](O)[C@@H](O)[C@@H]6O)[C@H]5NC(C)=O)[C@H]4O)[C@H](O)[C@H]3NC(C)=O)OC(O)[C@@H]2NC(C)=O)O[C@H](CO)[C@@H](O[C@@H]2O[C@H](CO)[C@H](O)[C@H](O)[C@H]2O)[C@@H]1O. The van der Waals surface area contributed by atoms with Crippen molar-refractivity contribution in [1.82, 2.24) is 21.3 Å². The molecule has 9 heterocycles. The van der Waals surface area contributed by atoms with E-state index in [1.165, 1.54) is 13.8 Å². The Hall–Kier alpha value is -3.72. The summed E-state index contributed by atoms with van der Waals surface area (Å²) in [6.45, 7) is -0.964. The molecular formula is C62H104N4O44. The molecule has 0 aromatic rings.